The van der Waals surface area contributed by atoms with Gasteiger partial charge in [0.2, 0.25) is 0 Å². The van der Waals surface area contributed by atoms with Crippen LogP contribution < -0.4 is 15.3 Å². The van der Waals surface area contributed by atoms with Gasteiger partial charge >= 0.3 is 23.3 Å². The van der Waals surface area contributed by atoms with Gasteiger partial charge in [-0.05, 0) is 23.1 Å². The Bertz CT molecular complexity index is 1110. The van der Waals surface area contributed by atoms with Crippen LogP contribution in [0.15, 0.2) is 91.0 Å². The molecule has 0 aliphatic rings. The van der Waals surface area contributed by atoms with Crippen molar-refractivity contribution in [2.24, 2.45) is 0 Å². The van der Waals surface area contributed by atoms with Crippen LogP contribution >= 0.6 is 0 Å². The van der Waals surface area contributed by atoms with Crippen LogP contribution in [0.4, 0.5) is 0 Å². The van der Waals surface area contributed by atoms with Crippen LogP contribution in [0, 0.1) is 0 Å². The van der Waals surface area contributed by atoms with Gasteiger partial charge in [0.15, 0.2) is 0 Å². The van der Waals surface area contributed by atoms with Crippen LogP contribution in [0.2, 0.25) is 0 Å². The van der Waals surface area contributed by atoms with E-state index < -0.39 is 23.9 Å². The maximum Gasteiger partial charge on any atom is 3.00 e. The van der Waals surface area contributed by atoms with Gasteiger partial charge in [-0.2, -0.15) is 5.26 Å². The van der Waals surface area contributed by atoms with Crippen LogP contribution in [0.5, 0.6) is 0 Å². The minimum absolute atomic E-state index is 0. The Hall–Kier alpha value is -3.97. The first kappa shape index (κ1) is 47.1. The first-order valence-electron chi connectivity index (χ1n) is 16.9. The van der Waals surface area contributed by atoms with E-state index in [-0.39, 0.29) is 34.1 Å². The predicted molar refractivity (Wildman–Crippen MR) is 186 cm³/mol. The molecule has 49 heavy (non-hydrogen) atoms. The van der Waals surface area contributed by atoms with Gasteiger partial charge in [0.25, 0.3) is 0 Å². The number of rotatable bonds is 19. The van der Waals surface area contributed by atoms with Gasteiger partial charge in [-0.1, -0.05) is 188 Å². The molecule has 0 heterocycles. The topological polar surface area (TPSA) is 167 Å². The Morgan fingerprint density at radius 1 is 0.469 bits per heavy atom. The van der Waals surface area contributed by atoms with Gasteiger partial charge in [0.05, 0.1) is 17.9 Å². The second kappa shape index (κ2) is 33.9. The van der Waals surface area contributed by atoms with E-state index >= 15 is 0 Å². The van der Waals surface area contributed by atoms with E-state index in [1.807, 2.05) is 0 Å². The molecular weight excluding hydrogens is 639 g/mol. The number of carboxylic acid groups (broad SMARTS) is 3. The summed E-state index contributed by atoms with van der Waals surface area (Å²) < 4.78 is 0. The van der Waals surface area contributed by atoms with E-state index in [4.69, 9.17) is 5.26 Å². The number of hydrogen-bond donors (Lipinski definition) is 1. The summed E-state index contributed by atoms with van der Waals surface area (Å²) in [6.45, 7) is 2.27. The fourth-order valence-electron chi connectivity index (χ4n) is 4.41. The van der Waals surface area contributed by atoms with Crippen LogP contribution in [0.1, 0.15) is 141 Å². The van der Waals surface area contributed by atoms with E-state index in [0.717, 1.165) is 12.8 Å². The van der Waals surface area contributed by atoms with E-state index in [9.17, 15) is 34.5 Å². The second-order valence-corrected chi connectivity index (χ2v) is 11.1. The molecule has 0 saturated carbocycles. The molecule has 0 amide bonds. The maximum atomic E-state index is 10.7. The van der Waals surface area contributed by atoms with E-state index in [1.54, 1.807) is 54.6 Å². The number of carbonyl (C=O) groups excluding carboxylic acids is 4. The Morgan fingerprint density at radius 2 is 0.714 bits per heavy atom. The molecule has 3 aromatic carbocycles. The molecule has 0 atom stereocenters. The molecule has 9 nitrogen and oxygen atoms in total. The zero-order chi connectivity index (χ0) is 35.7. The third-order valence-electron chi connectivity index (χ3n) is 7.11. The van der Waals surface area contributed by atoms with Gasteiger partial charge in [-0.25, -0.2) is 4.79 Å². The van der Waals surface area contributed by atoms with E-state index in [2.05, 4.69) is 11.8 Å². The largest absolute Gasteiger partial charge is 3.00 e. The Labute approximate surface area is 302 Å². The zero-order valence-electron chi connectivity index (χ0n) is 28.8. The molecule has 264 valence electrons. The number of aromatic carboxylic acids is 3. The molecule has 0 aliphatic carbocycles. The van der Waals surface area contributed by atoms with Crippen molar-refractivity contribution in [3.63, 3.8) is 0 Å². The third-order valence-corrected chi connectivity index (χ3v) is 7.11. The zero-order valence-corrected chi connectivity index (χ0v) is 29.9. The summed E-state index contributed by atoms with van der Waals surface area (Å²) in [5.74, 6) is -3.90. The number of benzene rings is 3. The average molecular weight is 691 g/mol. The third kappa shape index (κ3) is 29.9. The molecule has 0 unspecified atom stereocenters. The molecule has 0 saturated heterocycles. The first-order chi connectivity index (χ1) is 23.2. The molecule has 0 bridgehead atoms. The molecule has 3 rings (SSSR count). The van der Waals surface area contributed by atoms with Crippen molar-refractivity contribution >= 4 is 41.2 Å². The minimum atomic E-state index is -1.13. The molecule has 0 aliphatic heterocycles. The quantitative estimate of drug-likeness (QED) is 0.0683. The summed E-state index contributed by atoms with van der Waals surface area (Å²) in [5.41, 5.74) is 0.660. The van der Waals surface area contributed by atoms with Gasteiger partial charge < -0.3 is 34.6 Å². The molecule has 3 aromatic rings. The SMILES string of the molecule is CCCCCCCCCCCCCCCCCC(=O)OO.O=C([O-])c1ccccc1.O=C([O-])c1ccccc1.O=C([O-])c1ccccc1.[Al+3]. The standard InChI is InChI=1S/C18H36O3.3C7H6O2.Al/c1-2-3-4-5-6-7-8-9-10-11-12-13-14-15-16-17-18(19)21-20;3*8-7(9)6-4-2-1-3-5-6;/h20H,2-17H2,1H3;3*1-5H,(H,8,9);/q;;;;+3/p-3. The Kier molecular flexibility index (Phi) is 32.6. The van der Waals surface area contributed by atoms with Crippen molar-refractivity contribution in [2.45, 2.75) is 110 Å². The van der Waals surface area contributed by atoms with Gasteiger partial charge in [0, 0.05) is 6.42 Å². The average Bonchev–Trinajstić information content (AvgIpc) is 3.11. The maximum absolute atomic E-state index is 10.7. The molecular formula is C39H51AlO9. The van der Waals surface area contributed by atoms with Crippen molar-refractivity contribution in [1.82, 2.24) is 0 Å². The van der Waals surface area contributed by atoms with E-state index in [1.165, 1.54) is 120 Å². The Balaban J connectivity index is 0. The van der Waals surface area contributed by atoms with Crippen molar-refractivity contribution < 1.29 is 44.6 Å². The molecule has 0 aromatic heterocycles. The summed E-state index contributed by atoms with van der Waals surface area (Å²) >= 11 is 0. The van der Waals surface area contributed by atoms with Gasteiger partial charge in [-0.15, -0.1) is 0 Å². The Morgan fingerprint density at radius 3 is 0.918 bits per heavy atom. The summed E-state index contributed by atoms with van der Waals surface area (Å²) in [4.78, 5) is 44.6. The number of carboxylic acids is 3. The van der Waals surface area contributed by atoms with Crippen molar-refractivity contribution in [1.29, 1.82) is 0 Å². The summed E-state index contributed by atoms with van der Waals surface area (Å²) in [7, 11) is 0. The van der Waals surface area contributed by atoms with Crippen LogP contribution in [0.3, 0.4) is 0 Å². The fourth-order valence-corrected chi connectivity index (χ4v) is 4.41. The monoisotopic (exact) mass is 690 g/mol. The summed E-state index contributed by atoms with van der Waals surface area (Å²) in [5, 5.41) is 38.4. The van der Waals surface area contributed by atoms with Gasteiger partial charge in [0.1, 0.15) is 0 Å². The number of carbonyl (C=O) groups is 4. The smallest absolute Gasteiger partial charge is 0.545 e. The van der Waals surface area contributed by atoms with Crippen LogP contribution in [-0.2, 0) is 9.68 Å². The van der Waals surface area contributed by atoms with Crippen molar-refractivity contribution in [2.75, 3.05) is 0 Å². The van der Waals surface area contributed by atoms with Crippen molar-refractivity contribution in [3.05, 3.63) is 108 Å². The molecule has 0 fully saturated rings. The minimum Gasteiger partial charge on any atom is -0.545 e. The predicted octanol–water partition coefficient (Wildman–Crippen LogP) is 6.03. The summed E-state index contributed by atoms with van der Waals surface area (Å²) in [6, 6.07) is 24.2. The van der Waals surface area contributed by atoms with Crippen LogP contribution in [-0.4, -0.2) is 46.5 Å². The first-order valence-corrected chi connectivity index (χ1v) is 16.9. The normalized spacial score (nSPS) is 9.51. The van der Waals surface area contributed by atoms with Crippen molar-refractivity contribution in [3.8, 4) is 0 Å². The van der Waals surface area contributed by atoms with Gasteiger partial charge in [-0.3, -0.25) is 0 Å². The number of unbranched alkanes of at least 4 members (excludes halogenated alkanes) is 14. The number of hydrogen-bond acceptors (Lipinski definition) is 9. The second-order valence-electron chi connectivity index (χ2n) is 11.1. The van der Waals surface area contributed by atoms with Crippen LogP contribution in [0.25, 0.3) is 0 Å². The van der Waals surface area contributed by atoms with E-state index in [0.29, 0.717) is 6.42 Å². The molecule has 0 radical (unpaired) electrons. The molecule has 0 spiro atoms. The molecule has 10 heteroatoms. The fraction of sp³-hybridized carbons (Fsp3) is 0.436. The summed E-state index contributed by atoms with van der Waals surface area (Å²) in [6.07, 6.45) is 20.0. The molecule has 1 N–H and O–H groups in total.